The van der Waals surface area contributed by atoms with Crippen LogP contribution >= 0.6 is 0 Å². The zero-order valence-electron chi connectivity index (χ0n) is 5.15. The van der Waals surface area contributed by atoms with Crippen molar-refractivity contribution < 1.29 is 0 Å². The quantitative estimate of drug-likeness (QED) is 0.530. The van der Waals surface area contributed by atoms with Crippen LogP contribution in [0.1, 0.15) is 0 Å². The average molecular weight is 130 g/mol. The lowest BCUT2D eigenvalue weighted by atomic mass is 10.3. The molecule has 0 aliphatic heterocycles. The van der Waals surface area contributed by atoms with Crippen LogP contribution in [-0.2, 0) is 0 Å². The number of fused-ring (bicyclic) bond motifs is 1. The van der Waals surface area contributed by atoms with Crippen molar-refractivity contribution >= 4 is 10.9 Å². The molecular weight excluding hydrogens is 126 g/mol. The van der Waals surface area contributed by atoms with Crippen molar-refractivity contribution in [3.8, 4) is 0 Å². The van der Waals surface area contributed by atoms with E-state index in [-0.39, 0.29) is 0 Å². The monoisotopic (exact) mass is 130 g/mol. The largest absolute Gasteiger partial charge is 0.254 e. The Morgan fingerprint density at radius 2 is 2.40 bits per heavy atom. The summed E-state index contributed by atoms with van der Waals surface area (Å²) in [5.41, 5.74) is 0.831. The summed E-state index contributed by atoms with van der Waals surface area (Å²) in [4.78, 5) is 3.82. The van der Waals surface area contributed by atoms with Gasteiger partial charge in [-0.05, 0) is 12.1 Å². The molecule has 2 heterocycles. The Morgan fingerprint density at radius 1 is 1.40 bits per heavy atom. The summed E-state index contributed by atoms with van der Waals surface area (Å²) in [6, 6.07) is 3.57. The first-order chi connectivity index (χ1) is 4.97. The summed E-state index contributed by atoms with van der Waals surface area (Å²) in [6.07, 6.45) is 6.04. The maximum Gasteiger partial charge on any atom is 0.0967 e. The molecule has 2 aromatic rings. The van der Waals surface area contributed by atoms with Crippen LogP contribution in [0.5, 0.6) is 0 Å². The highest BCUT2D eigenvalue weighted by Gasteiger charge is 1.89. The van der Waals surface area contributed by atoms with E-state index in [0.29, 0.717) is 0 Å². The number of nitrogens with zero attached hydrogens (tertiary/aromatic N) is 3. The zero-order valence-corrected chi connectivity index (χ0v) is 5.15. The maximum absolute atomic E-state index is 3.86. The van der Waals surface area contributed by atoms with Gasteiger partial charge in [0.05, 0.1) is 17.9 Å². The van der Waals surface area contributed by atoms with Gasteiger partial charge in [0.2, 0.25) is 0 Å². The van der Waals surface area contributed by atoms with Gasteiger partial charge in [0.1, 0.15) is 0 Å². The standard InChI is InChI=1S/C7H4N3/c1-4-9-10-7-2-3-8-5-6(1)7/h1-2,4-5H. The summed E-state index contributed by atoms with van der Waals surface area (Å²) in [5.74, 6) is 0. The van der Waals surface area contributed by atoms with Crippen molar-refractivity contribution in [3.63, 3.8) is 0 Å². The molecule has 0 aliphatic carbocycles. The lowest BCUT2D eigenvalue weighted by molar-refractivity contribution is 1.07. The second-order valence-corrected chi connectivity index (χ2v) is 1.90. The van der Waals surface area contributed by atoms with E-state index in [1.54, 1.807) is 18.5 Å². The lowest BCUT2D eigenvalue weighted by Crippen LogP contribution is -1.81. The highest BCUT2D eigenvalue weighted by atomic mass is 15.1. The van der Waals surface area contributed by atoms with E-state index in [0.717, 1.165) is 10.9 Å². The third-order valence-electron chi connectivity index (χ3n) is 1.26. The number of hydrogen-bond donors (Lipinski definition) is 0. The van der Waals surface area contributed by atoms with E-state index in [1.807, 2.05) is 6.07 Å². The highest BCUT2D eigenvalue weighted by molar-refractivity contribution is 5.75. The van der Waals surface area contributed by atoms with Crippen LogP contribution in [0.4, 0.5) is 0 Å². The summed E-state index contributed by atoms with van der Waals surface area (Å²) < 4.78 is 0. The molecule has 2 aromatic heterocycles. The van der Waals surface area contributed by atoms with Crippen LogP contribution in [0.3, 0.4) is 0 Å². The van der Waals surface area contributed by atoms with Gasteiger partial charge in [-0.2, -0.15) is 10.2 Å². The molecule has 3 heteroatoms. The van der Waals surface area contributed by atoms with Crippen LogP contribution in [-0.4, -0.2) is 15.2 Å². The number of rotatable bonds is 0. The first-order valence-corrected chi connectivity index (χ1v) is 2.90. The van der Waals surface area contributed by atoms with Gasteiger partial charge in [0.15, 0.2) is 0 Å². The average Bonchev–Trinajstić information content (AvgIpc) is 2.05. The lowest BCUT2D eigenvalue weighted by Gasteiger charge is -1.89. The van der Waals surface area contributed by atoms with Crippen LogP contribution < -0.4 is 0 Å². The molecule has 0 amide bonds. The molecule has 0 bridgehead atoms. The minimum absolute atomic E-state index is 0.831. The number of pyridine rings is 1. The van der Waals surface area contributed by atoms with E-state index in [4.69, 9.17) is 0 Å². The fourth-order valence-corrected chi connectivity index (χ4v) is 0.779. The Morgan fingerprint density at radius 3 is 3.30 bits per heavy atom. The maximum atomic E-state index is 3.86. The Balaban J connectivity index is 2.89. The van der Waals surface area contributed by atoms with E-state index in [2.05, 4.69) is 21.4 Å². The molecule has 1 radical (unpaired) electrons. The van der Waals surface area contributed by atoms with Crippen LogP contribution in [0.2, 0.25) is 0 Å². The number of aromatic nitrogens is 3. The second kappa shape index (κ2) is 2.02. The highest BCUT2D eigenvalue weighted by Crippen LogP contribution is 2.04. The van der Waals surface area contributed by atoms with Crippen LogP contribution in [0.15, 0.2) is 24.5 Å². The molecule has 0 N–H and O–H groups in total. The van der Waals surface area contributed by atoms with E-state index in [9.17, 15) is 0 Å². The molecule has 0 aliphatic rings. The van der Waals surface area contributed by atoms with Crippen molar-refractivity contribution in [3.05, 3.63) is 30.7 Å². The van der Waals surface area contributed by atoms with Gasteiger partial charge in [0.25, 0.3) is 0 Å². The van der Waals surface area contributed by atoms with E-state index in [1.165, 1.54) is 0 Å². The molecule has 0 saturated heterocycles. The van der Waals surface area contributed by atoms with Crippen molar-refractivity contribution in [2.75, 3.05) is 0 Å². The van der Waals surface area contributed by atoms with Crippen molar-refractivity contribution in [2.45, 2.75) is 0 Å². The van der Waals surface area contributed by atoms with Gasteiger partial charge in [-0.3, -0.25) is 4.98 Å². The number of hydrogen-bond acceptors (Lipinski definition) is 3. The zero-order chi connectivity index (χ0) is 6.81. The van der Waals surface area contributed by atoms with E-state index < -0.39 is 0 Å². The molecule has 2 rings (SSSR count). The molecule has 0 aromatic carbocycles. The molecule has 10 heavy (non-hydrogen) atoms. The first-order valence-electron chi connectivity index (χ1n) is 2.90. The third-order valence-corrected chi connectivity index (χ3v) is 1.26. The van der Waals surface area contributed by atoms with Gasteiger partial charge in [-0.15, -0.1) is 0 Å². The van der Waals surface area contributed by atoms with E-state index >= 15 is 0 Å². The van der Waals surface area contributed by atoms with Crippen molar-refractivity contribution in [1.82, 2.24) is 15.2 Å². The molecule has 0 saturated carbocycles. The predicted octanol–water partition coefficient (Wildman–Crippen LogP) is 0.825. The summed E-state index contributed by atoms with van der Waals surface area (Å²) >= 11 is 0. The SMILES string of the molecule is [c]1cc2nnccc2cn1. The normalized spacial score (nSPS) is 10.0. The Labute approximate surface area is 57.7 Å². The molecule has 0 spiro atoms. The van der Waals surface area contributed by atoms with Gasteiger partial charge in [-0.1, -0.05) is 0 Å². The minimum atomic E-state index is 0.831. The molecule has 0 unspecified atom stereocenters. The summed E-state index contributed by atoms with van der Waals surface area (Å²) in [5, 5.41) is 8.57. The predicted molar refractivity (Wildman–Crippen MR) is 36.2 cm³/mol. The molecule has 0 fully saturated rings. The Kier molecular flexibility index (Phi) is 1.07. The smallest absolute Gasteiger partial charge is 0.0967 e. The fourth-order valence-electron chi connectivity index (χ4n) is 0.779. The fraction of sp³-hybridized carbons (Fsp3) is 0. The summed E-state index contributed by atoms with van der Waals surface area (Å²) in [6.45, 7) is 0. The summed E-state index contributed by atoms with van der Waals surface area (Å²) in [7, 11) is 0. The van der Waals surface area contributed by atoms with Crippen LogP contribution in [0, 0.1) is 6.20 Å². The molecular formula is C7H4N3. The van der Waals surface area contributed by atoms with Gasteiger partial charge in [-0.25, -0.2) is 0 Å². The molecule has 0 atom stereocenters. The minimum Gasteiger partial charge on any atom is -0.254 e. The van der Waals surface area contributed by atoms with Crippen LogP contribution in [0.25, 0.3) is 10.9 Å². The first kappa shape index (κ1) is 5.29. The second-order valence-electron chi connectivity index (χ2n) is 1.90. The Bertz CT molecular complexity index is 280. The Hall–Kier alpha value is -1.51. The third kappa shape index (κ3) is 0.719. The molecule has 47 valence electrons. The topological polar surface area (TPSA) is 38.7 Å². The van der Waals surface area contributed by atoms with Gasteiger partial charge >= 0.3 is 0 Å². The molecule has 3 nitrogen and oxygen atoms in total. The van der Waals surface area contributed by atoms with Crippen molar-refractivity contribution in [2.24, 2.45) is 0 Å². The van der Waals surface area contributed by atoms with Gasteiger partial charge < -0.3 is 0 Å². The van der Waals surface area contributed by atoms with Crippen molar-refractivity contribution in [1.29, 1.82) is 0 Å². The van der Waals surface area contributed by atoms with Gasteiger partial charge in [0, 0.05) is 11.6 Å².